The van der Waals surface area contributed by atoms with Gasteiger partial charge in [-0.15, -0.1) is 0 Å². The number of amides is 1. The topological polar surface area (TPSA) is 116 Å². The maximum absolute atomic E-state index is 12.2. The van der Waals surface area contributed by atoms with Gasteiger partial charge in [-0.3, -0.25) is 4.90 Å². The number of nitrogens with one attached hydrogen (secondary N) is 1. The smallest absolute Gasteiger partial charge is 0.415 e. The molecule has 1 aliphatic rings. The highest BCUT2D eigenvalue weighted by Gasteiger charge is 2.37. The van der Waals surface area contributed by atoms with Crippen molar-refractivity contribution in [3.8, 4) is 17.1 Å². The van der Waals surface area contributed by atoms with E-state index in [0.717, 1.165) is 5.56 Å². The molecule has 0 radical (unpaired) electrons. The number of carbonyl (C=O) groups is 1. The second-order valence-corrected chi connectivity index (χ2v) is 7.55. The Morgan fingerprint density at radius 3 is 2.84 bits per heavy atom. The van der Waals surface area contributed by atoms with Crippen LogP contribution in [0, 0.1) is 5.92 Å². The number of hydrogen-bond donors (Lipinski definition) is 1. The average molecular weight is 424 g/mol. The number of hydrogen-bond acceptors (Lipinski definition) is 9. The zero-order valence-corrected chi connectivity index (χ0v) is 17.8. The van der Waals surface area contributed by atoms with Gasteiger partial charge >= 0.3 is 6.09 Å². The van der Waals surface area contributed by atoms with Crippen LogP contribution < -0.4 is 15.0 Å². The molecular weight excluding hydrogens is 400 g/mol. The van der Waals surface area contributed by atoms with E-state index in [9.17, 15) is 4.79 Å². The van der Waals surface area contributed by atoms with Crippen molar-refractivity contribution in [3.05, 3.63) is 42.4 Å². The third kappa shape index (κ3) is 4.27. The van der Waals surface area contributed by atoms with E-state index in [1.165, 1.54) is 0 Å². The van der Waals surface area contributed by atoms with Gasteiger partial charge < -0.3 is 19.3 Å². The van der Waals surface area contributed by atoms with E-state index in [0.29, 0.717) is 35.8 Å². The molecule has 162 valence electrons. The van der Waals surface area contributed by atoms with E-state index in [-0.39, 0.29) is 18.0 Å². The van der Waals surface area contributed by atoms with Gasteiger partial charge in [0.1, 0.15) is 24.2 Å². The second-order valence-electron chi connectivity index (χ2n) is 7.55. The molecule has 0 aliphatic carbocycles. The summed E-state index contributed by atoms with van der Waals surface area (Å²) in [7, 11) is 1.60. The predicted octanol–water partition coefficient (Wildman–Crippen LogP) is 3.69. The molecule has 1 amide bonds. The third-order valence-corrected chi connectivity index (χ3v) is 5.05. The minimum absolute atomic E-state index is 0.0750. The summed E-state index contributed by atoms with van der Waals surface area (Å²) >= 11 is 0. The Bertz CT molecular complexity index is 1070. The molecule has 1 aliphatic heterocycles. The fourth-order valence-electron chi connectivity index (χ4n) is 3.29. The normalized spacial score (nSPS) is 17.0. The molecule has 31 heavy (non-hydrogen) atoms. The lowest BCUT2D eigenvalue weighted by Gasteiger charge is -2.23. The molecule has 10 nitrogen and oxygen atoms in total. The number of benzene rings is 1. The average Bonchev–Trinajstić information content (AvgIpc) is 3.41. The van der Waals surface area contributed by atoms with Crippen LogP contribution in [0.4, 0.5) is 16.6 Å². The predicted molar refractivity (Wildman–Crippen MR) is 113 cm³/mol. The second kappa shape index (κ2) is 8.58. The molecule has 1 aromatic carbocycles. The molecule has 1 N–H and O–H groups in total. The van der Waals surface area contributed by atoms with E-state index >= 15 is 0 Å². The number of nitrogens with zero attached hydrogens (tertiary/aromatic N) is 5. The van der Waals surface area contributed by atoms with Crippen molar-refractivity contribution in [2.75, 3.05) is 23.9 Å². The number of anilines is 2. The van der Waals surface area contributed by atoms with Gasteiger partial charge in [0, 0.05) is 11.8 Å². The maximum Gasteiger partial charge on any atom is 0.415 e. The lowest BCUT2D eigenvalue weighted by Crippen LogP contribution is -2.37. The van der Waals surface area contributed by atoms with E-state index < -0.39 is 6.09 Å². The molecule has 3 heterocycles. The first-order valence-corrected chi connectivity index (χ1v) is 10.00. The van der Waals surface area contributed by atoms with Crippen LogP contribution in [0.15, 0.2) is 41.1 Å². The SMILES string of the molecule is COc1cccc(-c2noc(C(C)Nc3nccc(N4C(=O)OC[C@@H]4C(C)C)n3)n2)c1. The molecular formula is C21H24N6O4. The summed E-state index contributed by atoms with van der Waals surface area (Å²) in [6.07, 6.45) is 1.19. The molecule has 0 saturated carbocycles. The van der Waals surface area contributed by atoms with E-state index in [4.69, 9.17) is 14.0 Å². The summed E-state index contributed by atoms with van der Waals surface area (Å²) in [5.41, 5.74) is 0.784. The largest absolute Gasteiger partial charge is 0.497 e. The molecule has 2 aromatic heterocycles. The molecule has 4 rings (SSSR count). The van der Waals surface area contributed by atoms with Crippen LogP contribution >= 0.6 is 0 Å². The van der Waals surface area contributed by atoms with Crippen molar-refractivity contribution in [1.29, 1.82) is 0 Å². The summed E-state index contributed by atoms with van der Waals surface area (Å²) in [6, 6.07) is 8.67. The Morgan fingerprint density at radius 2 is 2.06 bits per heavy atom. The first-order chi connectivity index (χ1) is 15.0. The standard InChI is InChI=1S/C21H24N6O4/c1-12(2)16-11-30-21(28)27(16)17-8-9-22-20(24-17)23-13(3)19-25-18(26-31-19)14-6-5-7-15(10-14)29-4/h5-10,12-13,16H,11H2,1-4H3,(H,22,23,24)/t13?,16-/m1/s1. The number of aromatic nitrogens is 4. The summed E-state index contributed by atoms with van der Waals surface area (Å²) in [4.78, 5) is 27.0. The Balaban J connectivity index is 1.51. The Labute approximate surface area is 179 Å². The van der Waals surface area contributed by atoms with Crippen LogP contribution in [0.5, 0.6) is 5.75 Å². The van der Waals surface area contributed by atoms with Gasteiger partial charge in [0.05, 0.1) is 13.2 Å². The zero-order valence-electron chi connectivity index (χ0n) is 17.8. The van der Waals surface area contributed by atoms with Crippen LogP contribution in [0.2, 0.25) is 0 Å². The van der Waals surface area contributed by atoms with Crippen LogP contribution in [0.25, 0.3) is 11.4 Å². The van der Waals surface area contributed by atoms with Gasteiger partial charge in [0.15, 0.2) is 0 Å². The molecule has 1 unspecified atom stereocenters. The van der Waals surface area contributed by atoms with Crippen LogP contribution in [0.1, 0.15) is 32.7 Å². The monoisotopic (exact) mass is 424 g/mol. The van der Waals surface area contributed by atoms with Gasteiger partial charge in [-0.05, 0) is 31.0 Å². The first-order valence-electron chi connectivity index (χ1n) is 10.00. The lowest BCUT2D eigenvalue weighted by molar-refractivity contribution is 0.177. The first kappa shape index (κ1) is 20.6. The van der Waals surface area contributed by atoms with E-state index in [1.807, 2.05) is 45.0 Å². The van der Waals surface area contributed by atoms with Crippen molar-refractivity contribution in [2.24, 2.45) is 5.92 Å². The highest BCUT2D eigenvalue weighted by atomic mass is 16.6. The summed E-state index contributed by atoms with van der Waals surface area (Å²) in [6.45, 7) is 6.28. The molecule has 0 bridgehead atoms. The third-order valence-electron chi connectivity index (χ3n) is 5.05. The van der Waals surface area contributed by atoms with Crippen molar-refractivity contribution in [2.45, 2.75) is 32.9 Å². The van der Waals surface area contributed by atoms with Gasteiger partial charge in [-0.2, -0.15) is 9.97 Å². The highest BCUT2D eigenvalue weighted by molar-refractivity contribution is 5.89. The van der Waals surface area contributed by atoms with E-state index in [1.54, 1.807) is 24.3 Å². The number of rotatable bonds is 7. The van der Waals surface area contributed by atoms with Gasteiger partial charge in [-0.1, -0.05) is 31.1 Å². The molecule has 1 saturated heterocycles. The Hall–Kier alpha value is -3.69. The van der Waals surface area contributed by atoms with Crippen LogP contribution in [-0.2, 0) is 4.74 Å². The Morgan fingerprint density at radius 1 is 1.23 bits per heavy atom. The van der Waals surface area contributed by atoms with Gasteiger partial charge in [-0.25, -0.2) is 9.78 Å². The van der Waals surface area contributed by atoms with Crippen molar-refractivity contribution in [1.82, 2.24) is 20.1 Å². The van der Waals surface area contributed by atoms with Crippen LogP contribution in [0.3, 0.4) is 0 Å². The summed E-state index contributed by atoms with van der Waals surface area (Å²) < 4.78 is 15.9. The van der Waals surface area contributed by atoms with Crippen molar-refractivity contribution < 1.29 is 18.8 Å². The molecule has 3 aromatic rings. The minimum atomic E-state index is -0.406. The summed E-state index contributed by atoms with van der Waals surface area (Å²) in [5, 5.41) is 7.20. The fourth-order valence-corrected chi connectivity index (χ4v) is 3.29. The molecule has 2 atom stereocenters. The van der Waals surface area contributed by atoms with Crippen molar-refractivity contribution >= 4 is 17.9 Å². The number of ether oxygens (including phenoxy) is 2. The van der Waals surface area contributed by atoms with Gasteiger partial charge in [0.2, 0.25) is 17.7 Å². The number of cyclic esters (lactones) is 1. The maximum atomic E-state index is 12.2. The number of methoxy groups -OCH3 is 1. The molecule has 1 fully saturated rings. The van der Waals surface area contributed by atoms with Gasteiger partial charge in [0.25, 0.3) is 0 Å². The minimum Gasteiger partial charge on any atom is -0.497 e. The van der Waals surface area contributed by atoms with Crippen LogP contribution in [-0.4, -0.2) is 46.0 Å². The molecule has 10 heteroatoms. The molecule has 0 spiro atoms. The quantitative estimate of drug-likeness (QED) is 0.606. The van der Waals surface area contributed by atoms with Crippen molar-refractivity contribution in [3.63, 3.8) is 0 Å². The lowest BCUT2D eigenvalue weighted by atomic mass is 10.0. The fraction of sp³-hybridized carbons (Fsp3) is 0.381. The highest BCUT2D eigenvalue weighted by Crippen LogP contribution is 2.27. The summed E-state index contributed by atoms with van der Waals surface area (Å²) in [5.74, 6) is 2.59. The zero-order chi connectivity index (χ0) is 22.0. The Kier molecular flexibility index (Phi) is 5.70. The van der Waals surface area contributed by atoms with E-state index in [2.05, 4.69) is 25.4 Å². The number of carbonyl (C=O) groups excluding carboxylic acids is 1.